The molecule has 2 aliphatic heterocycles. The van der Waals surface area contributed by atoms with Gasteiger partial charge in [0.05, 0.1) is 5.88 Å². The first kappa shape index (κ1) is 13.1. The van der Waals surface area contributed by atoms with Crippen molar-refractivity contribution in [3.63, 3.8) is 0 Å². The zero-order valence-electron chi connectivity index (χ0n) is 9.89. The van der Waals surface area contributed by atoms with Gasteiger partial charge in [-0.2, -0.15) is 0 Å². The third-order valence-electron chi connectivity index (χ3n) is 3.08. The second-order valence-corrected chi connectivity index (χ2v) is 6.87. The second kappa shape index (κ2) is 6.54. The second-order valence-electron chi connectivity index (χ2n) is 4.31. The van der Waals surface area contributed by atoms with Gasteiger partial charge in [-0.05, 0) is 12.8 Å². The van der Waals surface area contributed by atoms with E-state index in [0.29, 0.717) is 12.3 Å². The number of hydrogen-bond donors (Lipinski definition) is 0. The van der Waals surface area contributed by atoms with Crippen molar-refractivity contribution in [2.45, 2.75) is 25.7 Å². The molecule has 0 atom stereocenters. The van der Waals surface area contributed by atoms with Gasteiger partial charge in [0.15, 0.2) is 0 Å². The van der Waals surface area contributed by atoms with Crippen LogP contribution in [0.1, 0.15) is 25.7 Å². The van der Waals surface area contributed by atoms with Gasteiger partial charge in [-0.3, -0.25) is 9.59 Å². The minimum Gasteiger partial charge on any atom is -0.342 e. The highest BCUT2D eigenvalue weighted by Gasteiger charge is 2.20. The monoisotopic (exact) mass is 274 g/mol. The van der Waals surface area contributed by atoms with Crippen LogP contribution >= 0.6 is 21.6 Å². The summed E-state index contributed by atoms with van der Waals surface area (Å²) in [4.78, 5) is 26.5. The van der Waals surface area contributed by atoms with Crippen LogP contribution in [-0.2, 0) is 9.59 Å². The average molecular weight is 274 g/mol. The molecular weight excluding hydrogens is 256 g/mol. The highest BCUT2D eigenvalue weighted by Crippen LogP contribution is 2.25. The molecule has 0 aromatic heterocycles. The maximum absolute atomic E-state index is 11.3. The van der Waals surface area contributed by atoms with Crippen LogP contribution in [0.5, 0.6) is 0 Å². The number of carbonyl (C=O) groups excluding carboxylic acids is 2. The lowest BCUT2D eigenvalue weighted by Crippen LogP contribution is -2.27. The Labute approximate surface area is 110 Å². The van der Waals surface area contributed by atoms with Gasteiger partial charge in [-0.15, -0.1) is 0 Å². The highest BCUT2D eigenvalue weighted by atomic mass is 33.1. The Morgan fingerprint density at radius 3 is 2.18 bits per heavy atom. The zero-order chi connectivity index (χ0) is 12.1. The molecule has 0 aromatic rings. The molecular formula is C11H18N2O2S2. The normalized spacial score (nSPS) is 20.7. The summed E-state index contributed by atoms with van der Waals surface area (Å²) >= 11 is 0. The van der Waals surface area contributed by atoms with Crippen LogP contribution in [-0.4, -0.2) is 52.9 Å². The lowest BCUT2D eigenvalue weighted by Gasteiger charge is -2.16. The largest absolute Gasteiger partial charge is 0.342 e. The Balaban J connectivity index is 1.51. The molecule has 0 bridgehead atoms. The molecule has 2 rings (SSSR count). The van der Waals surface area contributed by atoms with E-state index in [9.17, 15) is 9.59 Å². The van der Waals surface area contributed by atoms with Gasteiger partial charge in [0.2, 0.25) is 11.8 Å². The zero-order valence-corrected chi connectivity index (χ0v) is 11.5. The van der Waals surface area contributed by atoms with Crippen LogP contribution in [0.25, 0.3) is 0 Å². The van der Waals surface area contributed by atoms with Crippen LogP contribution in [0.15, 0.2) is 0 Å². The van der Waals surface area contributed by atoms with Crippen molar-refractivity contribution < 1.29 is 9.59 Å². The van der Waals surface area contributed by atoms with Crippen LogP contribution in [0.3, 0.4) is 0 Å². The number of likely N-dealkylation sites (tertiary alicyclic amines) is 2. The summed E-state index contributed by atoms with van der Waals surface area (Å²) in [6.07, 6.45) is 3.46. The minimum absolute atomic E-state index is 0.285. The fraction of sp³-hybridized carbons (Fsp3) is 0.818. The topological polar surface area (TPSA) is 40.6 Å². The predicted molar refractivity (Wildman–Crippen MR) is 71.7 cm³/mol. The van der Waals surface area contributed by atoms with Crippen LogP contribution in [0.2, 0.25) is 0 Å². The summed E-state index contributed by atoms with van der Waals surface area (Å²) in [6, 6.07) is 0. The smallest absolute Gasteiger partial charge is 0.223 e. The molecule has 0 spiro atoms. The van der Waals surface area contributed by atoms with E-state index in [0.717, 1.165) is 50.5 Å². The standard InChI is InChI=1S/C11H18N2O2S2/c14-10-3-1-5-12(10)7-8-16-17-9-13-6-2-4-11(13)15/h1-9H2. The molecule has 2 saturated heterocycles. The van der Waals surface area contributed by atoms with Crippen molar-refractivity contribution in [1.29, 1.82) is 0 Å². The molecule has 96 valence electrons. The Kier molecular flexibility index (Phi) is 5.03. The van der Waals surface area contributed by atoms with Gasteiger partial charge in [-0.25, -0.2) is 0 Å². The minimum atomic E-state index is 0.285. The molecule has 2 amide bonds. The van der Waals surface area contributed by atoms with Crippen molar-refractivity contribution >= 4 is 33.4 Å². The Morgan fingerprint density at radius 2 is 1.59 bits per heavy atom. The van der Waals surface area contributed by atoms with Crippen molar-refractivity contribution in [1.82, 2.24) is 9.80 Å². The van der Waals surface area contributed by atoms with E-state index in [1.165, 1.54) is 0 Å². The molecule has 2 heterocycles. The Bertz CT molecular complexity index is 271. The number of hydrogen-bond acceptors (Lipinski definition) is 4. The van der Waals surface area contributed by atoms with Crippen LogP contribution < -0.4 is 0 Å². The summed E-state index contributed by atoms with van der Waals surface area (Å²) in [5.41, 5.74) is 0. The number of nitrogens with zero attached hydrogens (tertiary/aromatic N) is 2. The maximum Gasteiger partial charge on any atom is 0.223 e. The summed E-state index contributed by atoms with van der Waals surface area (Å²) in [6.45, 7) is 2.69. The summed E-state index contributed by atoms with van der Waals surface area (Å²) in [5, 5.41) is 0. The molecule has 0 saturated carbocycles. The lowest BCUT2D eigenvalue weighted by atomic mass is 10.4. The van der Waals surface area contributed by atoms with Crippen LogP contribution in [0.4, 0.5) is 0 Å². The van der Waals surface area contributed by atoms with Gasteiger partial charge < -0.3 is 9.80 Å². The lowest BCUT2D eigenvalue weighted by molar-refractivity contribution is -0.127. The molecule has 0 N–H and O–H groups in total. The summed E-state index contributed by atoms with van der Waals surface area (Å²) < 4.78 is 0. The highest BCUT2D eigenvalue weighted by molar-refractivity contribution is 8.76. The fourth-order valence-electron chi connectivity index (χ4n) is 2.09. The molecule has 0 radical (unpaired) electrons. The molecule has 0 unspecified atom stereocenters. The predicted octanol–water partition coefficient (Wildman–Crippen LogP) is 1.57. The Morgan fingerprint density at radius 1 is 0.941 bits per heavy atom. The first-order chi connectivity index (χ1) is 8.27. The molecule has 4 nitrogen and oxygen atoms in total. The van der Waals surface area contributed by atoms with Gasteiger partial charge in [0, 0.05) is 38.2 Å². The molecule has 2 fully saturated rings. The number of carbonyl (C=O) groups is 2. The van der Waals surface area contributed by atoms with E-state index in [-0.39, 0.29) is 5.91 Å². The first-order valence-corrected chi connectivity index (χ1v) is 8.56. The van der Waals surface area contributed by atoms with Crippen molar-refractivity contribution in [3.8, 4) is 0 Å². The third kappa shape index (κ3) is 3.81. The molecule has 6 heteroatoms. The maximum atomic E-state index is 11.3. The average Bonchev–Trinajstić information content (AvgIpc) is 2.89. The SMILES string of the molecule is O=C1CCCN1CCSSCN1CCCC1=O. The van der Waals surface area contributed by atoms with Crippen molar-refractivity contribution in [2.75, 3.05) is 31.3 Å². The number of amides is 2. The molecule has 0 aliphatic carbocycles. The van der Waals surface area contributed by atoms with E-state index < -0.39 is 0 Å². The van der Waals surface area contributed by atoms with E-state index in [1.54, 1.807) is 21.6 Å². The summed E-state index contributed by atoms with van der Waals surface area (Å²) in [7, 11) is 3.48. The van der Waals surface area contributed by atoms with Gasteiger partial charge in [0.1, 0.15) is 0 Å². The molecule has 0 aromatic carbocycles. The Hall–Kier alpha value is -0.360. The van der Waals surface area contributed by atoms with E-state index in [4.69, 9.17) is 0 Å². The van der Waals surface area contributed by atoms with E-state index in [2.05, 4.69) is 0 Å². The van der Waals surface area contributed by atoms with Crippen molar-refractivity contribution in [2.24, 2.45) is 0 Å². The summed E-state index contributed by atoms with van der Waals surface area (Å²) in [5.74, 6) is 2.33. The fourth-order valence-corrected chi connectivity index (χ4v) is 4.16. The van der Waals surface area contributed by atoms with Crippen molar-refractivity contribution in [3.05, 3.63) is 0 Å². The van der Waals surface area contributed by atoms with Gasteiger partial charge >= 0.3 is 0 Å². The van der Waals surface area contributed by atoms with Gasteiger partial charge in [0.25, 0.3) is 0 Å². The third-order valence-corrected chi connectivity index (χ3v) is 5.33. The van der Waals surface area contributed by atoms with E-state index >= 15 is 0 Å². The number of rotatable bonds is 6. The molecule has 17 heavy (non-hydrogen) atoms. The molecule has 2 aliphatic rings. The van der Waals surface area contributed by atoms with Gasteiger partial charge in [-0.1, -0.05) is 21.6 Å². The quantitative estimate of drug-likeness (QED) is 0.544. The van der Waals surface area contributed by atoms with Crippen LogP contribution in [0, 0.1) is 0 Å². The van der Waals surface area contributed by atoms with E-state index in [1.807, 2.05) is 9.80 Å². The first-order valence-electron chi connectivity index (χ1n) is 6.07.